The van der Waals surface area contributed by atoms with Gasteiger partial charge in [-0.3, -0.25) is 4.79 Å². The molecule has 3 rings (SSSR count). The summed E-state index contributed by atoms with van der Waals surface area (Å²) in [5.74, 6) is -0.0270. The number of carbonyl (C=O) groups excluding carboxylic acids is 1. The number of aromatic nitrogens is 1. The number of H-pyrrole nitrogens is 1. The molecule has 2 aromatic carbocycles. The lowest BCUT2D eigenvalue weighted by Crippen LogP contribution is -2.14. The van der Waals surface area contributed by atoms with E-state index in [4.69, 9.17) is 11.6 Å². The van der Waals surface area contributed by atoms with Gasteiger partial charge in [-0.25, -0.2) is 0 Å². The van der Waals surface area contributed by atoms with Crippen LogP contribution in [0, 0.1) is 13.8 Å². The van der Waals surface area contributed by atoms with Gasteiger partial charge in [0.2, 0.25) is 5.91 Å². The molecule has 112 valence electrons. The summed E-state index contributed by atoms with van der Waals surface area (Å²) >= 11 is 5.97. The number of anilines is 1. The van der Waals surface area contributed by atoms with Crippen LogP contribution in [0.25, 0.3) is 10.9 Å². The number of fused-ring (bicyclic) bond motifs is 1. The maximum atomic E-state index is 12.3. The Kier molecular flexibility index (Phi) is 3.90. The van der Waals surface area contributed by atoms with Crippen molar-refractivity contribution in [1.82, 2.24) is 4.98 Å². The molecule has 0 aliphatic heterocycles. The Bertz CT molecular complexity index is 831. The molecule has 4 heteroatoms. The summed E-state index contributed by atoms with van der Waals surface area (Å²) in [6, 6.07) is 11.7. The topological polar surface area (TPSA) is 44.9 Å². The Morgan fingerprint density at radius 3 is 2.59 bits per heavy atom. The van der Waals surface area contributed by atoms with Crippen LogP contribution in [-0.4, -0.2) is 10.9 Å². The fourth-order valence-corrected chi connectivity index (χ4v) is 2.90. The van der Waals surface area contributed by atoms with Gasteiger partial charge in [0.15, 0.2) is 0 Å². The van der Waals surface area contributed by atoms with E-state index >= 15 is 0 Å². The van der Waals surface area contributed by atoms with Crippen molar-refractivity contribution >= 4 is 34.1 Å². The van der Waals surface area contributed by atoms with Gasteiger partial charge in [-0.2, -0.15) is 0 Å². The van der Waals surface area contributed by atoms with E-state index in [0.29, 0.717) is 11.4 Å². The number of hydrogen-bond donors (Lipinski definition) is 2. The molecule has 0 saturated heterocycles. The third kappa shape index (κ3) is 3.15. The molecule has 0 radical (unpaired) electrons. The van der Waals surface area contributed by atoms with E-state index in [2.05, 4.69) is 16.4 Å². The molecule has 1 amide bonds. The average molecular weight is 313 g/mol. The highest BCUT2D eigenvalue weighted by atomic mass is 35.5. The van der Waals surface area contributed by atoms with Crippen LogP contribution in [0.15, 0.2) is 42.6 Å². The van der Waals surface area contributed by atoms with E-state index in [0.717, 1.165) is 33.3 Å². The van der Waals surface area contributed by atoms with Gasteiger partial charge in [0.05, 0.1) is 6.42 Å². The highest BCUT2D eigenvalue weighted by Gasteiger charge is 2.10. The molecule has 0 atom stereocenters. The molecule has 0 saturated carbocycles. The molecule has 1 heterocycles. The van der Waals surface area contributed by atoms with Crippen molar-refractivity contribution in [3.63, 3.8) is 0 Å². The smallest absolute Gasteiger partial charge is 0.228 e. The minimum absolute atomic E-state index is 0.0270. The van der Waals surface area contributed by atoms with E-state index in [1.54, 1.807) is 0 Å². The number of aromatic amines is 1. The number of rotatable bonds is 3. The van der Waals surface area contributed by atoms with Gasteiger partial charge in [-0.15, -0.1) is 0 Å². The summed E-state index contributed by atoms with van der Waals surface area (Å²) in [5.41, 5.74) is 5.02. The summed E-state index contributed by atoms with van der Waals surface area (Å²) in [4.78, 5) is 15.4. The molecule has 0 spiro atoms. The van der Waals surface area contributed by atoms with E-state index in [9.17, 15) is 4.79 Å². The third-order valence-corrected chi connectivity index (χ3v) is 3.82. The van der Waals surface area contributed by atoms with Crippen LogP contribution < -0.4 is 5.32 Å². The van der Waals surface area contributed by atoms with Crippen molar-refractivity contribution in [2.75, 3.05) is 5.32 Å². The van der Waals surface area contributed by atoms with Gasteiger partial charge in [0.1, 0.15) is 0 Å². The summed E-state index contributed by atoms with van der Waals surface area (Å²) in [5, 5.41) is 4.67. The number of amides is 1. The fraction of sp³-hybridized carbons (Fsp3) is 0.167. The molecular formula is C18H17ClN2O. The highest BCUT2D eigenvalue weighted by Crippen LogP contribution is 2.23. The second-order valence-electron chi connectivity index (χ2n) is 5.61. The van der Waals surface area contributed by atoms with Crippen molar-refractivity contribution in [2.45, 2.75) is 20.3 Å². The van der Waals surface area contributed by atoms with Crippen molar-refractivity contribution in [3.05, 3.63) is 64.3 Å². The maximum Gasteiger partial charge on any atom is 0.228 e. The van der Waals surface area contributed by atoms with Crippen molar-refractivity contribution in [2.24, 2.45) is 0 Å². The van der Waals surface area contributed by atoms with Crippen LogP contribution in [-0.2, 0) is 11.2 Å². The van der Waals surface area contributed by atoms with E-state index in [1.807, 2.05) is 50.4 Å². The van der Waals surface area contributed by atoms with Crippen LogP contribution in [0.3, 0.4) is 0 Å². The molecule has 0 bridgehead atoms. The van der Waals surface area contributed by atoms with Gasteiger partial charge in [-0.05, 0) is 54.8 Å². The summed E-state index contributed by atoms with van der Waals surface area (Å²) in [6.45, 7) is 4.04. The number of nitrogens with one attached hydrogen (secondary N) is 2. The number of halogens is 1. The predicted octanol–water partition coefficient (Wildman–Crippen LogP) is 4.62. The summed E-state index contributed by atoms with van der Waals surface area (Å²) in [7, 11) is 0. The van der Waals surface area contributed by atoms with E-state index in [1.165, 1.54) is 0 Å². The first-order chi connectivity index (χ1) is 10.5. The number of aryl methyl sites for hydroxylation is 2. The lowest BCUT2D eigenvalue weighted by molar-refractivity contribution is -0.115. The molecule has 2 N–H and O–H groups in total. The Morgan fingerprint density at radius 1 is 1.14 bits per heavy atom. The third-order valence-electron chi connectivity index (χ3n) is 3.59. The highest BCUT2D eigenvalue weighted by molar-refractivity contribution is 6.31. The Hall–Kier alpha value is -2.26. The number of carbonyl (C=O) groups is 1. The molecule has 22 heavy (non-hydrogen) atoms. The second kappa shape index (κ2) is 5.85. The molecule has 1 aromatic heterocycles. The normalized spacial score (nSPS) is 10.9. The first-order valence-corrected chi connectivity index (χ1v) is 7.53. The van der Waals surface area contributed by atoms with Crippen molar-refractivity contribution < 1.29 is 4.79 Å². The summed E-state index contributed by atoms with van der Waals surface area (Å²) in [6.07, 6.45) is 2.19. The monoisotopic (exact) mass is 312 g/mol. The molecular weight excluding hydrogens is 296 g/mol. The maximum absolute atomic E-state index is 12.3. The lowest BCUT2D eigenvalue weighted by Gasteiger charge is -2.07. The minimum Gasteiger partial charge on any atom is -0.361 e. The van der Waals surface area contributed by atoms with Crippen molar-refractivity contribution in [1.29, 1.82) is 0 Å². The summed E-state index contributed by atoms with van der Waals surface area (Å²) < 4.78 is 0. The largest absolute Gasteiger partial charge is 0.361 e. The van der Waals surface area contributed by atoms with E-state index in [-0.39, 0.29) is 5.91 Å². The van der Waals surface area contributed by atoms with Crippen LogP contribution in [0.5, 0.6) is 0 Å². The Balaban J connectivity index is 1.78. The van der Waals surface area contributed by atoms with Crippen molar-refractivity contribution in [3.8, 4) is 0 Å². The predicted molar refractivity (Wildman–Crippen MR) is 91.6 cm³/mol. The van der Waals surface area contributed by atoms with Crippen LogP contribution in [0.4, 0.5) is 5.69 Å². The number of benzene rings is 2. The zero-order valence-electron chi connectivity index (χ0n) is 12.5. The average Bonchev–Trinajstić information content (AvgIpc) is 2.79. The van der Waals surface area contributed by atoms with E-state index < -0.39 is 0 Å². The quantitative estimate of drug-likeness (QED) is 0.728. The first kappa shape index (κ1) is 14.7. The minimum atomic E-state index is -0.0270. The standard InChI is InChI=1S/C18H17ClN2O/c1-11-5-12(2)7-15(6-11)21-18(22)8-13-10-20-17-9-14(19)3-4-16(13)17/h3-7,9-10,20H,8H2,1-2H3,(H,21,22). The van der Waals surface area contributed by atoms with Crippen LogP contribution in [0.1, 0.15) is 16.7 Å². The van der Waals surface area contributed by atoms with Crippen LogP contribution >= 0.6 is 11.6 Å². The zero-order valence-corrected chi connectivity index (χ0v) is 13.3. The van der Waals surface area contributed by atoms with Gasteiger partial charge >= 0.3 is 0 Å². The Labute approximate surface area is 134 Å². The molecule has 3 aromatic rings. The van der Waals surface area contributed by atoms with Gasteiger partial charge in [0, 0.05) is 27.8 Å². The van der Waals surface area contributed by atoms with Gasteiger partial charge < -0.3 is 10.3 Å². The van der Waals surface area contributed by atoms with Crippen LogP contribution in [0.2, 0.25) is 5.02 Å². The molecule has 0 unspecified atom stereocenters. The molecule has 3 nitrogen and oxygen atoms in total. The lowest BCUT2D eigenvalue weighted by atomic mass is 10.1. The van der Waals surface area contributed by atoms with Gasteiger partial charge in [-0.1, -0.05) is 23.7 Å². The zero-order chi connectivity index (χ0) is 15.7. The Morgan fingerprint density at radius 2 is 1.86 bits per heavy atom. The SMILES string of the molecule is Cc1cc(C)cc(NC(=O)Cc2c[nH]c3cc(Cl)ccc23)c1. The molecule has 0 aliphatic rings. The molecule has 0 fully saturated rings. The first-order valence-electron chi connectivity index (χ1n) is 7.15. The fourth-order valence-electron chi connectivity index (χ4n) is 2.73. The second-order valence-corrected chi connectivity index (χ2v) is 6.04. The molecule has 0 aliphatic carbocycles. The van der Waals surface area contributed by atoms with Gasteiger partial charge in [0.25, 0.3) is 0 Å². The number of hydrogen-bond acceptors (Lipinski definition) is 1.